The number of benzene rings is 10. The molecular weight excluding hydrogens is 815 g/mol. The highest BCUT2D eigenvalue weighted by Crippen LogP contribution is 2.59. The summed E-state index contributed by atoms with van der Waals surface area (Å²) in [5.74, 6) is 0. The standard InChI is InChI=1S/C64H43NS/c1-5-17-47(18-6-1)63(48-19-7-2-8-20-48)59-28-16-14-26-55(59)57-42-52(36-38-60(57)63)65(51-33-31-44(32-34-51)46-30-29-45-39-40-66-62(45)41-46)53-35-37-56-54-25-13-15-27-58(54)64(61(56)43-53,49-21-9-3-10-22-49)50-23-11-4-12-24-50/h1-43H. The van der Waals surface area contributed by atoms with Crippen molar-refractivity contribution in [3.8, 4) is 33.4 Å². The second-order valence-corrected chi connectivity index (χ2v) is 18.5. The van der Waals surface area contributed by atoms with E-state index in [2.05, 4.69) is 265 Å². The second kappa shape index (κ2) is 15.3. The number of nitrogens with zero attached hydrogens (tertiary/aromatic N) is 1. The Bertz CT molecular complexity index is 3490. The third-order valence-electron chi connectivity index (χ3n) is 14.3. The first-order valence-corrected chi connectivity index (χ1v) is 23.7. The Balaban J connectivity index is 1.05. The molecule has 0 unspecified atom stereocenters. The van der Waals surface area contributed by atoms with E-state index < -0.39 is 10.8 Å². The molecule has 2 aliphatic carbocycles. The van der Waals surface area contributed by atoms with Crippen molar-refractivity contribution in [1.82, 2.24) is 0 Å². The number of hydrogen-bond acceptors (Lipinski definition) is 2. The van der Waals surface area contributed by atoms with E-state index in [0.717, 1.165) is 17.1 Å². The van der Waals surface area contributed by atoms with E-state index in [1.54, 1.807) is 11.3 Å². The van der Waals surface area contributed by atoms with E-state index in [1.807, 2.05) is 0 Å². The maximum absolute atomic E-state index is 2.48. The van der Waals surface area contributed by atoms with Gasteiger partial charge in [0, 0.05) is 21.8 Å². The van der Waals surface area contributed by atoms with Crippen LogP contribution in [0.25, 0.3) is 43.5 Å². The van der Waals surface area contributed by atoms with E-state index >= 15 is 0 Å². The fraction of sp³-hybridized carbons (Fsp3) is 0.0312. The van der Waals surface area contributed by atoms with Crippen molar-refractivity contribution in [1.29, 1.82) is 0 Å². The van der Waals surface area contributed by atoms with Crippen LogP contribution in [0.3, 0.4) is 0 Å². The predicted octanol–water partition coefficient (Wildman–Crippen LogP) is 16.8. The highest BCUT2D eigenvalue weighted by atomic mass is 32.1. The van der Waals surface area contributed by atoms with Gasteiger partial charge in [-0.2, -0.15) is 0 Å². The van der Waals surface area contributed by atoms with E-state index in [1.165, 1.54) is 88.0 Å². The summed E-state index contributed by atoms with van der Waals surface area (Å²) >= 11 is 1.79. The monoisotopic (exact) mass is 857 g/mol. The Labute approximate surface area is 390 Å². The maximum atomic E-state index is 2.48. The number of hydrogen-bond donors (Lipinski definition) is 0. The minimum atomic E-state index is -0.526. The first-order chi connectivity index (χ1) is 32.7. The molecule has 10 aromatic carbocycles. The quantitative estimate of drug-likeness (QED) is 0.147. The lowest BCUT2D eigenvalue weighted by molar-refractivity contribution is 0.768. The van der Waals surface area contributed by atoms with Gasteiger partial charge in [0.05, 0.1) is 10.8 Å². The lowest BCUT2D eigenvalue weighted by Gasteiger charge is -2.35. The summed E-state index contributed by atoms with van der Waals surface area (Å²) in [4.78, 5) is 2.48. The van der Waals surface area contributed by atoms with Crippen LogP contribution in [0.15, 0.2) is 260 Å². The maximum Gasteiger partial charge on any atom is 0.0714 e. The molecule has 0 saturated carbocycles. The first-order valence-electron chi connectivity index (χ1n) is 22.8. The topological polar surface area (TPSA) is 3.24 Å². The molecule has 310 valence electrons. The van der Waals surface area contributed by atoms with Gasteiger partial charge in [-0.05, 0) is 137 Å². The second-order valence-electron chi connectivity index (χ2n) is 17.6. The summed E-state index contributed by atoms with van der Waals surface area (Å²) < 4.78 is 1.30. The molecule has 0 saturated heterocycles. The molecule has 0 spiro atoms. The van der Waals surface area contributed by atoms with Crippen LogP contribution in [-0.2, 0) is 10.8 Å². The van der Waals surface area contributed by atoms with Crippen LogP contribution in [0.2, 0.25) is 0 Å². The van der Waals surface area contributed by atoms with E-state index in [4.69, 9.17) is 0 Å². The van der Waals surface area contributed by atoms with E-state index in [9.17, 15) is 0 Å². The van der Waals surface area contributed by atoms with E-state index in [-0.39, 0.29) is 0 Å². The van der Waals surface area contributed by atoms with Gasteiger partial charge in [0.2, 0.25) is 0 Å². The molecule has 2 aliphatic rings. The lowest BCUT2D eigenvalue weighted by atomic mass is 9.67. The van der Waals surface area contributed by atoms with Crippen molar-refractivity contribution in [3.05, 3.63) is 305 Å². The van der Waals surface area contributed by atoms with Crippen molar-refractivity contribution >= 4 is 38.5 Å². The van der Waals surface area contributed by atoms with Crippen LogP contribution >= 0.6 is 11.3 Å². The summed E-state index contributed by atoms with van der Waals surface area (Å²) in [7, 11) is 0. The molecule has 2 heteroatoms. The fourth-order valence-corrected chi connectivity index (χ4v) is 12.4. The molecule has 1 nitrogen and oxygen atoms in total. The average Bonchev–Trinajstić information content (AvgIpc) is 4.08. The van der Waals surface area contributed by atoms with Crippen LogP contribution < -0.4 is 4.90 Å². The Kier molecular flexibility index (Phi) is 8.91. The van der Waals surface area contributed by atoms with Crippen LogP contribution in [0.5, 0.6) is 0 Å². The summed E-state index contributed by atoms with van der Waals surface area (Å²) in [6.07, 6.45) is 0. The smallest absolute Gasteiger partial charge is 0.0714 e. The van der Waals surface area contributed by atoms with Gasteiger partial charge in [-0.3, -0.25) is 0 Å². The summed E-state index contributed by atoms with van der Waals surface area (Å²) in [5, 5.41) is 3.46. The number of fused-ring (bicyclic) bond motifs is 7. The Morgan fingerprint density at radius 1 is 0.288 bits per heavy atom. The third-order valence-corrected chi connectivity index (χ3v) is 15.2. The van der Waals surface area contributed by atoms with Gasteiger partial charge in [-0.1, -0.05) is 206 Å². The van der Waals surface area contributed by atoms with Crippen molar-refractivity contribution in [2.75, 3.05) is 4.90 Å². The summed E-state index contributed by atoms with van der Waals surface area (Å²) in [6.45, 7) is 0. The molecule has 1 heterocycles. The SMILES string of the molecule is c1ccc(C2(c3ccccc3)c3ccccc3-c3cc(N(c4ccc(-c5ccc6ccsc6c5)cc4)c4ccc5c(c4)C(c4ccccc4)(c4ccccc4)c4ccccc4-5)ccc32)cc1. The zero-order chi connectivity index (χ0) is 43.7. The van der Waals surface area contributed by atoms with Crippen LogP contribution in [0.1, 0.15) is 44.5 Å². The van der Waals surface area contributed by atoms with Gasteiger partial charge >= 0.3 is 0 Å². The molecule has 11 aromatic rings. The number of rotatable bonds is 8. The lowest BCUT2D eigenvalue weighted by Crippen LogP contribution is -2.28. The zero-order valence-corrected chi connectivity index (χ0v) is 37.0. The van der Waals surface area contributed by atoms with Gasteiger partial charge < -0.3 is 4.90 Å². The molecule has 0 bridgehead atoms. The zero-order valence-electron chi connectivity index (χ0n) is 36.2. The van der Waals surface area contributed by atoms with Crippen LogP contribution in [0, 0.1) is 0 Å². The highest BCUT2D eigenvalue weighted by molar-refractivity contribution is 7.17. The first kappa shape index (κ1) is 38.4. The Hall–Kier alpha value is -8.04. The molecule has 0 atom stereocenters. The van der Waals surface area contributed by atoms with Gasteiger partial charge in [0.1, 0.15) is 0 Å². The molecular formula is C64H43NS. The van der Waals surface area contributed by atoms with Gasteiger partial charge in [-0.25, -0.2) is 0 Å². The Morgan fingerprint density at radius 3 is 1.32 bits per heavy atom. The third kappa shape index (κ3) is 5.65. The van der Waals surface area contributed by atoms with Crippen molar-refractivity contribution in [3.63, 3.8) is 0 Å². The minimum Gasteiger partial charge on any atom is -0.310 e. The van der Waals surface area contributed by atoms with Gasteiger partial charge in [0.25, 0.3) is 0 Å². The largest absolute Gasteiger partial charge is 0.310 e. The predicted molar refractivity (Wildman–Crippen MR) is 277 cm³/mol. The van der Waals surface area contributed by atoms with Gasteiger partial charge in [-0.15, -0.1) is 11.3 Å². The van der Waals surface area contributed by atoms with Gasteiger partial charge in [0.15, 0.2) is 0 Å². The molecule has 0 aliphatic heterocycles. The summed E-state index contributed by atoms with van der Waals surface area (Å²) in [5.41, 5.74) is 20.0. The van der Waals surface area contributed by atoms with Crippen LogP contribution in [-0.4, -0.2) is 0 Å². The highest BCUT2D eigenvalue weighted by Gasteiger charge is 2.48. The molecule has 0 fully saturated rings. The molecule has 1 aromatic heterocycles. The van der Waals surface area contributed by atoms with Crippen molar-refractivity contribution in [2.45, 2.75) is 10.8 Å². The van der Waals surface area contributed by atoms with Crippen molar-refractivity contribution in [2.24, 2.45) is 0 Å². The van der Waals surface area contributed by atoms with Crippen molar-refractivity contribution < 1.29 is 0 Å². The Morgan fingerprint density at radius 2 is 0.727 bits per heavy atom. The normalized spacial score (nSPS) is 13.7. The fourth-order valence-electron chi connectivity index (χ4n) is 11.5. The number of anilines is 3. The molecule has 13 rings (SSSR count). The number of thiophene rings is 1. The summed E-state index contributed by atoms with van der Waals surface area (Å²) in [6, 6.07) is 95.0. The minimum absolute atomic E-state index is 0.479. The molecule has 0 amide bonds. The molecule has 0 N–H and O–H groups in total. The average molecular weight is 858 g/mol. The molecule has 66 heavy (non-hydrogen) atoms. The van der Waals surface area contributed by atoms with E-state index in [0.29, 0.717) is 0 Å². The molecule has 0 radical (unpaired) electrons. The van der Waals surface area contributed by atoms with Crippen LogP contribution in [0.4, 0.5) is 17.1 Å².